The number of hydrogen-bond donors (Lipinski definition) is 1. The van der Waals surface area contributed by atoms with Crippen LogP contribution in [0, 0.1) is 21.7 Å². The lowest BCUT2D eigenvalue weighted by Crippen LogP contribution is -2.28. The van der Waals surface area contributed by atoms with E-state index in [0.717, 1.165) is 43.2 Å². The van der Waals surface area contributed by atoms with Gasteiger partial charge in [0.25, 0.3) is 5.91 Å². The molecule has 30 heavy (non-hydrogen) atoms. The Labute approximate surface area is 170 Å². The molecule has 1 heterocycles. The summed E-state index contributed by atoms with van der Waals surface area (Å²) in [7, 11) is -3.86. The monoisotopic (exact) mass is 441 g/mol. The van der Waals surface area contributed by atoms with Gasteiger partial charge < -0.3 is 10.1 Å². The number of nitro groups is 1. The van der Waals surface area contributed by atoms with Crippen LogP contribution in [0.3, 0.4) is 0 Å². The normalized spacial score (nSPS) is 14.5. The number of rotatable bonds is 7. The second-order valence-corrected chi connectivity index (χ2v) is 8.40. The van der Waals surface area contributed by atoms with Crippen molar-refractivity contribution in [3.05, 3.63) is 58.1 Å². The van der Waals surface area contributed by atoms with Crippen molar-refractivity contribution in [1.82, 2.24) is 4.31 Å². The lowest BCUT2D eigenvalue weighted by Gasteiger charge is -2.16. The van der Waals surface area contributed by atoms with E-state index in [4.69, 9.17) is 4.74 Å². The Kier molecular flexibility index (Phi) is 6.27. The van der Waals surface area contributed by atoms with Crippen LogP contribution in [-0.4, -0.2) is 43.2 Å². The predicted molar refractivity (Wildman–Crippen MR) is 102 cm³/mol. The molecule has 0 aromatic heterocycles. The highest BCUT2D eigenvalue weighted by Gasteiger charge is 2.30. The molecule has 0 aliphatic carbocycles. The zero-order valence-corrected chi connectivity index (χ0v) is 16.3. The number of sulfonamides is 1. The summed E-state index contributed by atoms with van der Waals surface area (Å²) in [6, 6.07) is 5.89. The number of nitro benzene ring substituents is 1. The second kappa shape index (κ2) is 8.71. The molecule has 0 atom stereocenters. The van der Waals surface area contributed by atoms with Crippen LogP contribution in [0.1, 0.15) is 12.8 Å². The molecular formula is C18H17F2N3O6S. The lowest BCUT2D eigenvalue weighted by molar-refractivity contribution is -0.386. The molecule has 1 fully saturated rings. The third kappa shape index (κ3) is 4.71. The Morgan fingerprint density at radius 2 is 1.83 bits per heavy atom. The van der Waals surface area contributed by atoms with E-state index >= 15 is 0 Å². The second-order valence-electron chi connectivity index (χ2n) is 6.46. The minimum Gasteiger partial charge on any atom is -0.477 e. The fraction of sp³-hybridized carbons (Fsp3) is 0.278. The molecule has 3 rings (SSSR count). The van der Waals surface area contributed by atoms with Crippen molar-refractivity contribution in [3.63, 3.8) is 0 Å². The van der Waals surface area contributed by atoms with Crippen molar-refractivity contribution in [2.75, 3.05) is 25.0 Å². The molecule has 9 nitrogen and oxygen atoms in total. The molecule has 1 aliphatic rings. The summed E-state index contributed by atoms with van der Waals surface area (Å²) >= 11 is 0. The largest absolute Gasteiger partial charge is 0.477 e. The van der Waals surface area contributed by atoms with Gasteiger partial charge in [-0.1, -0.05) is 0 Å². The van der Waals surface area contributed by atoms with Gasteiger partial charge in [-0.25, -0.2) is 17.2 Å². The molecule has 0 bridgehead atoms. The fourth-order valence-corrected chi connectivity index (χ4v) is 4.45. The van der Waals surface area contributed by atoms with E-state index in [1.54, 1.807) is 0 Å². The number of anilines is 1. The van der Waals surface area contributed by atoms with Gasteiger partial charge in [0.05, 0.1) is 9.82 Å². The molecule has 12 heteroatoms. The first-order chi connectivity index (χ1) is 14.2. The number of carbonyl (C=O) groups excluding carboxylic acids is 1. The summed E-state index contributed by atoms with van der Waals surface area (Å²) < 4.78 is 57.7. The van der Waals surface area contributed by atoms with E-state index in [1.807, 2.05) is 0 Å². The molecule has 1 N–H and O–H groups in total. The molecule has 1 aliphatic heterocycles. The fourth-order valence-electron chi connectivity index (χ4n) is 2.91. The van der Waals surface area contributed by atoms with Crippen molar-refractivity contribution in [1.29, 1.82) is 0 Å². The van der Waals surface area contributed by atoms with Crippen LogP contribution in [0.15, 0.2) is 41.3 Å². The quantitative estimate of drug-likeness (QED) is 0.521. The summed E-state index contributed by atoms with van der Waals surface area (Å²) in [6.45, 7) is 0.0229. The molecule has 2 aromatic carbocycles. The van der Waals surface area contributed by atoms with Crippen LogP contribution in [0.25, 0.3) is 0 Å². The van der Waals surface area contributed by atoms with Gasteiger partial charge in [0.15, 0.2) is 24.0 Å². The van der Waals surface area contributed by atoms with Crippen LogP contribution in [-0.2, 0) is 14.8 Å². The van der Waals surface area contributed by atoms with Gasteiger partial charge in [0.2, 0.25) is 10.0 Å². The lowest BCUT2D eigenvalue weighted by atomic mass is 10.3. The Hall–Kier alpha value is -3.12. The average Bonchev–Trinajstić information content (AvgIpc) is 3.25. The highest BCUT2D eigenvalue weighted by molar-refractivity contribution is 7.89. The van der Waals surface area contributed by atoms with Crippen LogP contribution >= 0.6 is 0 Å². The van der Waals surface area contributed by atoms with Gasteiger partial charge in [-0.3, -0.25) is 14.9 Å². The number of nitrogens with one attached hydrogen (secondary N) is 1. The van der Waals surface area contributed by atoms with E-state index in [0.29, 0.717) is 13.1 Å². The third-order valence-corrected chi connectivity index (χ3v) is 6.29. The summed E-state index contributed by atoms with van der Waals surface area (Å²) in [5.74, 6) is -3.31. The minimum absolute atomic E-state index is 0.0240. The number of hydrogen-bond acceptors (Lipinski definition) is 6. The van der Waals surface area contributed by atoms with Crippen molar-refractivity contribution in [2.24, 2.45) is 0 Å². The van der Waals surface area contributed by atoms with Crippen molar-refractivity contribution >= 4 is 27.3 Å². The zero-order chi connectivity index (χ0) is 21.9. The van der Waals surface area contributed by atoms with Crippen LogP contribution in [0.5, 0.6) is 5.75 Å². The molecule has 2 aromatic rings. The van der Waals surface area contributed by atoms with Crippen LogP contribution in [0.4, 0.5) is 20.2 Å². The molecule has 1 amide bonds. The highest BCUT2D eigenvalue weighted by atomic mass is 32.2. The maximum atomic E-state index is 13.2. The van der Waals surface area contributed by atoms with Gasteiger partial charge in [0.1, 0.15) is 0 Å². The van der Waals surface area contributed by atoms with Gasteiger partial charge in [-0.2, -0.15) is 4.31 Å². The Morgan fingerprint density at radius 1 is 1.13 bits per heavy atom. The molecule has 1 saturated heterocycles. The summed E-state index contributed by atoms with van der Waals surface area (Å²) in [5, 5.41) is 13.6. The maximum absolute atomic E-state index is 13.2. The van der Waals surface area contributed by atoms with Gasteiger partial charge in [0, 0.05) is 30.9 Å². The predicted octanol–water partition coefficient (Wildman–Crippen LogP) is 2.68. The molecule has 0 radical (unpaired) electrons. The summed E-state index contributed by atoms with van der Waals surface area (Å²) in [6.07, 6.45) is 1.44. The standard InChI is InChI=1S/C18H17F2N3O6S/c19-14-5-3-12(9-15(14)20)21-18(24)11-29-17-6-4-13(10-16(17)23(25)26)30(27,28)22-7-1-2-8-22/h3-6,9-10H,1-2,7-8,11H2,(H,21,24). The van der Waals surface area contributed by atoms with Crippen molar-refractivity contribution < 1.29 is 31.7 Å². The number of nitrogens with zero attached hydrogens (tertiary/aromatic N) is 2. The van der Waals surface area contributed by atoms with E-state index in [9.17, 15) is 32.1 Å². The van der Waals surface area contributed by atoms with E-state index in [-0.39, 0.29) is 16.3 Å². The molecule has 0 saturated carbocycles. The number of halogens is 2. The highest BCUT2D eigenvalue weighted by Crippen LogP contribution is 2.31. The summed E-state index contributed by atoms with van der Waals surface area (Å²) in [4.78, 5) is 22.3. The SMILES string of the molecule is O=C(COc1ccc(S(=O)(=O)N2CCCC2)cc1[N+](=O)[O-])Nc1ccc(F)c(F)c1. The smallest absolute Gasteiger partial charge is 0.312 e. The minimum atomic E-state index is -3.86. The van der Waals surface area contributed by atoms with Gasteiger partial charge in [-0.15, -0.1) is 0 Å². The van der Waals surface area contributed by atoms with Crippen LogP contribution in [0.2, 0.25) is 0 Å². The van der Waals surface area contributed by atoms with Crippen molar-refractivity contribution in [2.45, 2.75) is 17.7 Å². The van der Waals surface area contributed by atoms with Gasteiger partial charge >= 0.3 is 5.69 Å². The first-order valence-electron chi connectivity index (χ1n) is 8.85. The average molecular weight is 441 g/mol. The molecule has 0 unspecified atom stereocenters. The topological polar surface area (TPSA) is 119 Å². The number of ether oxygens (including phenoxy) is 1. The number of carbonyl (C=O) groups is 1. The molecular weight excluding hydrogens is 424 g/mol. The summed E-state index contributed by atoms with van der Waals surface area (Å²) in [5.41, 5.74) is -0.639. The van der Waals surface area contributed by atoms with Crippen LogP contribution < -0.4 is 10.1 Å². The van der Waals surface area contributed by atoms with E-state index in [1.165, 1.54) is 10.4 Å². The number of amides is 1. The van der Waals surface area contributed by atoms with E-state index in [2.05, 4.69) is 5.32 Å². The van der Waals surface area contributed by atoms with Crippen molar-refractivity contribution in [3.8, 4) is 5.75 Å². The molecule has 160 valence electrons. The maximum Gasteiger partial charge on any atom is 0.312 e. The first kappa shape index (κ1) is 21.6. The van der Waals surface area contributed by atoms with E-state index < -0.39 is 44.8 Å². The van der Waals surface area contributed by atoms with Gasteiger partial charge in [-0.05, 0) is 37.1 Å². The first-order valence-corrected chi connectivity index (χ1v) is 10.3. The zero-order valence-electron chi connectivity index (χ0n) is 15.5. The Bertz CT molecular complexity index is 1090. The Balaban J connectivity index is 1.73. The molecule has 0 spiro atoms. The Morgan fingerprint density at radius 3 is 2.47 bits per heavy atom. The third-order valence-electron chi connectivity index (χ3n) is 4.39. The number of benzene rings is 2.